The molecule has 0 aromatic rings. The number of likely N-dealkylation sites (tertiary alicyclic amines) is 1. The van der Waals surface area contributed by atoms with Gasteiger partial charge in [-0.3, -0.25) is 0 Å². The molecular weight excluding hydrogens is 170 g/mol. The smallest absolute Gasteiger partial charge is 0.000966 e. The highest BCUT2D eigenvalue weighted by molar-refractivity contribution is 4.72. The van der Waals surface area contributed by atoms with Gasteiger partial charge in [0.05, 0.1) is 0 Å². The summed E-state index contributed by atoms with van der Waals surface area (Å²) in [5.74, 6) is 1.01. The molecule has 1 atom stereocenters. The second-order valence-corrected chi connectivity index (χ2v) is 4.80. The van der Waals surface area contributed by atoms with Crippen LogP contribution in [0, 0.1) is 5.92 Å². The Morgan fingerprint density at radius 3 is 2.71 bits per heavy atom. The number of piperidine rings is 1. The van der Waals surface area contributed by atoms with E-state index >= 15 is 0 Å². The zero-order chi connectivity index (χ0) is 10.2. The summed E-state index contributed by atoms with van der Waals surface area (Å²) >= 11 is 0. The third-order valence-electron chi connectivity index (χ3n) is 3.38. The SMILES string of the molecule is CCCCCN1CCCC(CCC)C1. The molecule has 0 spiro atoms. The fraction of sp³-hybridized carbons (Fsp3) is 1.00. The average molecular weight is 197 g/mol. The molecule has 1 heterocycles. The van der Waals surface area contributed by atoms with Crippen molar-refractivity contribution in [3.63, 3.8) is 0 Å². The number of hydrogen-bond acceptors (Lipinski definition) is 1. The largest absolute Gasteiger partial charge is 0.303 e. The molecule has 1 unspecified atom stereocenters. The zero-order valence-electron chi connectivity index (χ0n) is 10.1. The molecular formula is C13H27N. The Kier molecular flexibility index (Phi) is 6.25. The summed E-state index contributed by atoms with van der Waals surface area (Å²) in [5.41, 5.74) is 0. The monoisotopic (exact) mass is 197 g/mol. The topological polar surface area (TPSA) is 3.24 Å². The Labute approximate surface area is 89.9 Å². The quantitative estimate of drug-likeness (QED) is 0.587. The minimum Gasteiger partial charge on any atom is -0.303 e. The highest BCUT2D eigenvalue weighted by Crippen LogP contribution is 2.20. The molecule has 0 N–H and O–H groups in total. The van der Waals surface area contributed by atoms with Crippen molar-refractivity contribution in [3.05, 3.63) is 0 Å². The van der Waals surface area contributed by atoms with Crippen LogP contribution in [0.15, 0.2) is 0 Å². The first-order chi connectivity index (χ1) is 6.86. The average Bonchev–Trinajstić information content (AvgIpc) is 2.19. The van der Waals surface area contributed by atoms with Gasteiger partial charge in [-0.05, 0) is 44.7 Å². The van der Waals surface area contributed by atoms with Crippen LogP contribution < -0.4 is 0 Å². The van der Waals surface area contributed by atoms with E-state index in [1.54, 1.807) is 0 Å². The molecule has 0 aromatic carbocycles. The molecule has 0 saturated carbocycles. The highest BCUT2D eigenvalue weighted by atomic mass is 15.1. The zero-order valence-corrected chi connectivity index (χ0v) is 10.1. The van der Waals surface area contributed by atoms with Gasteiger partial charge in [0.1, 0.15) is 0 Å². The van der Waals surface area contributed by atoms with Gasteiger partial charge in [-0.2, -0.15) is 0 Å². The summed E-state index contributed by atoms with van der Waals surface area (Å²) in [6.07, 6.45) is 9.92. The number of nitrogens with zero attached hydrogens (tertiary/aromatic N) is 1. The van der Waals surface area contributed by atoms with Gasteiger partial charge in [0.15, 0.2) is 0 Å². The fourth-order valence-corrected chi connectivity index (χ4v) is 2.58. The molecule has 0 amide bonds. The third-order valence-corrected chi connectivity index (χ3v) is 3.38. The van der Waals surface area contributed by atoms with Crippen LogP contribution in [0.1, 0.15) is 58.8 Å². The number of unbranched alkanes of at least 4 members (excludes halogenated alkanes) is 2. The Morgan fingerprint density at radius 2 is 2.00 bits per heavy atom. The normalized spacial score (nSPS) is 24.0. The van der Waals surface area contributed by atoms with Crippen LogP contribution in [0.5, 0.6) is 0 Å². The molecule has 1 aliphatic rings. The van der Waals surface area contributed by atoms with Gasteiger partial charge < -0.3 is 4.90 Å². The van der Waals surface area contributed by atoms with E-state index in [4.69, 9.17) is 0 Å². The number of rotatable bonds is 6. The van der Waals surface area contributed by atoms with Crippen molar-refractivity contribution in [1.29, 1.82) is 0 Å². The first-order valence-electron chi connectivity index (χ1n) is 6.59. The summed E-state index contributed by atoms with van der Waals surface area (Å²) in [7, 11) is 0. The molecule has 0 aliphatic carbocycles. The lowest BCUT2D eigenvalue weighted by Gasteiger charge is -2.32. The van der Waals surface area contributed by atoms with Crippen molar-refractivity contribution < 1.29 is 0 Å². The first-order valence-corrected chi connectivity index (χ1v) is 6.59. The van der Waals surface area contributed by atoms with E-state index in [1.807, 2.05) is 0 Å². The lowest BCUT2D eigenvalue weighted by molar-refractivity contribution is 0.165. The number of hydrogen-bond donors (Lipinski definition) is 0. The maximum Gasteiger partial charge on any atom is 0.000966 e. The predicted octanol–water partition coefficient (Wildman–Crippen LogP) is 3.69. The molecule has 14 heavy (non-hydrogen) atoms. The summed E-state index contributed by atoms with van der Waals surface area (Å²) in [6, 6.07) is 0. The lowest BCUT2D eigenvalue weighted by Crippen LogP contribution is -2.35. The van der Waals surface area contributed by atoms with E-state index < -0.39 is 0 Å². The first kappa shape index (κ1) is 12.0. The lowest BCUT2D eigenvalue weighted by atomic mass is 9.93. The van der Waals surface area contributed by atoms with Gasteiger partial charge in [0, 0.05) is 6.54 Å². The van der Waals surface area contributed by atoms with E-state index in [9.17, 15) is 0 Å². The van der Waals surface area contributed by atoms with Gasteiger partial charge in [-0.1, -0.05) is 33.1 Å². The van der Waals surface area contributed by atoms with Crippen LogP contribution in [0.25, 0.3) is 0 Å². The Hall–Kier alpha value is -0.0400. The van der Waals surface area contributed by atoms with Crippen molar-refractivity contribution >= 4 is 0 Å². The predicted molar refractivity (Wildman–Crippen MR) is 63.6 cm³/mol. The van der Waals surface area contributed by atoms with Crippen molar-refractivity contribution in [3.8, 4) is 0 Å². The Balaban J connectivity index is 2.12. The molecule has 0 aromatic heterocycles. The molecule has 1 aliphatic heterocycles. The van der Waals surface area contributed by atoms with Gasteiger partial charge >= 0.3 is 0 Å². The maximum absolute atomic E-state index is 2.69. The van der Waals surface area contributed by atoms with Crippen LogP contribution in [0.2, 0.25) is 0 Å². The molecule has 0 bridgehead atoms. The van der Waals surface area contributed by atoms with Crippen LogP contribution in [0.3, 0.4) is 0 Å². The Bertz CT molecular complexity index is 131. The van der Waals surface area contributed by atoms with Gasteiger partial charge in [0.2, 0.25) is 0 Å². The summed E-state index contributed by atoms with van der Waals surface area (Å²) in [4.78, 5) is 2.69. The van der Waals surface area contributed by atoms with Crippen LogP contribution in [-0.4, -0.2) is 24.5 Å². The summed E-state index contributed by atoms with van der Waals surface area (Å²) < 4.78 is 0. The van der Waals surface area contributed by atoms with E-state index in [2.05, 4.69) is 18.7 Å². The third kappa shape index (κ3) is 4.45. The maximum atomic E-state index is 2.69. The molecule has 1 fully saturated rings. The van der Waals surface area contributed by atoms with Crippen LogP contribution >= 0.6 is 0 Å². The molecule has 1 nitrogen and oxygen atoms in total. The van der Waals surface area contributed by atoms with Crippen LogP contribution in [-0.2, 0) is 0 Å². The van der Waals surface area contributed by atoms with E-state index in [-0.39, 0.29) is 0 Å². The van der Waals surface area contributed by atoms with Gasteiger partial charge in [-0.25, -0.2) is 0 Å². The second-order valence-electron chi connectivity index (χ2n) is 4.80. The summed E-state index contributed by atoms with van der Waals surface area (Å²) in [5, 5.41) is 0. The van der Waals surface area contributed by atoms with Gasteiger partial charge in [0.25, 0.3) is 0 Å². The highest BCUT2D eigenvalue weighted by Gasteiger charge is 2.18. The molecule has 1 saturated heterocycles. The van der Waals surface area contributed by atoms with Crippen molar-refractivity contribution in [2.45, 2.75) is 58.8 Å². The molecule has 84 valence electrons. The van der Waals surface area contributed by atoms with Crippen molar-refractivity contribution in [2.24, 2.45) is 5.92 Å². The van der Waals surface area contributed by atoms with Crippen LogP contribution in [0.4, 0.5) is 0 Å². The molecule has 0 radical (unpaired) electrons. The molecule has 1 heteroatoms. The van der Waals surface area contributed by atoms with E-state index in [0.29, 0.717) is 0 Å². The Morgan fingerprint density at radius 1 is 1.14 bits per heavy atom. The second kappa shape index (κ2) is 7.28. The summed E-state index contributed by atoms with van der Waals surface area (Å²) in [6.45, 7) is 8.71. The minimum absolute atomic E-state index is 1.01. The van der Waals surface area contributed by atoms with Crippen molar-refractivity contribution in [1.82, 2.24) is 4.90 Å². The van der Waals surface area contributed by atoms with E-state index in [0.717, 1.165) is 5.92 Å². The molecule has 1 rings (SSSR count). The van der Waals surface area contributed by atoms with E-state index in [1.165, 1.54) is 64.6 Å². The fourth-order valence-electron chi connectivity index (χ4n) is 2.58. The minimum atomic E-state index is 1.01. The standard InChI is InChI=1S/C13H27N/c1-3-5-6-10-14-11-7-9-13(12-14)8-4-2/h13H,3-12H2,1-2H3. The van der Waals surface area contributed by atoms with Gasteiger partial charge in [-0.15, -0.1) is 0 Å². The van der Waals surface area contributed by atoms with Crippen molar-refractivity contribution in [2.75, 3.05) is 19.6 Å².